The minimum atomic E-state index is -0.275. The highest BCUT2D eigenvalue weighted by molar-refractivity contribution is 6.02. The van der Waals surface area contributed by atoms with E-state index in [1.54, 1.807) is 12.1 Å². The summed E-state index contributed by atoms with van der Waals surface area (Å²) in [6.07, 6.45) is 0. The molecule has 160 valence electrons. The molecule has 0 aliphatic carbocycles. The summed E-state index contributed by atoms with van der Waals surface area (Å²) in [5.74, 6) is -0.252. The van der Waals surface area contributed by atoms with Gasteiger partial charge in [-0.15, -0.1) is 0 Å². The molecule has 2 heterocycles. The number of amides is 1. The lowest BCUT2D eigenvalue weighted by molar-refractivity contribution is 0.0737. The number of aromatic nitrogens is 1. The van der Waals surface area contributed by atoms with Crippen molar-refractivity contribution in [3.63, 3.8) is 0 Å². The van der Waals surface area contributed by atoms with Gasteiger partial charge in [0.15, 0.2) is 0 Å². The van der Waals surface area contributed by atoms with Crippen molar-refractivity contribution >= 4 is 16.8 Å². The van der Waals surface area contributed by atoms with Gasteiger partial charge < -0.3 is 9.88 Å². The number of H-pyrrole nitrogens is 1. The second-order valence-corrected chi connectivity index (χ2v) is 8.37. The van der Waals surface area contributed by atoms with E-state index < -0.39 is 0 Å². The molecule has 5 aromatic rings. The third-order valence-corrected chi connectivity index (χ3v) is 6.41. The Balaban J connectivity index is 1.60. The van der Waals surface area contributed by atoms with Crippen molar-refractivity contribution < 1.29 is 9.18 Å². The van der Waals surface area contributed by atoms with E-state index in [0.29, 0.717) is 6.54 Å². The van der Waals surface area contributed by atoms with Crippen LogP contribution in [0.4, 0.5) is 4.39 Å². The minimum absolute atomic E-state index is 0.0230. The quantitative estimate of drug-likeness (QED) is 0.336. The highest BCUT2D eigenvalue weighted by Crippen LogP contribution is 2.45. The highest BCUT2D eigenvalue weighted by Gasteiger charge is 2.40. The number of fused-ring (bicyclic) bond motifs is 2. The van der Waals surface area contributed by atoms with Gasteiger partial charge in [-0.1, -0.05) is 66.7 Å². The second kappa shape index (κ2) is 7.75. The summed E-state index contributed by atoms with van der Waals surface area (Å²) in [6.45, 7) is 0.501. The number of rotatable bonds is 4. The maximum Gasteiger partial charge on any atom is 0.255 e. The van der Waals surface area contributed by atoms with Gasteiger partial charge in [-0.2, -0.15) is 0 Å². The molecule has 0 radical (unpaired) electrons. The zero-order chi connectivity index (χ0) is 22.4. The Morgan fingerprint density at radius 2 is 1.48 bits per heavy atom. The smallest absolute Gasteiger partial charge is 0.255 e. The first-order valence-electron chi connectivity index (χ1n) is 11.0. The highest BCUT2D eigenvalue weighted by atomic mass is 19.1. The zero-order valence-electron chi connectivity index (χ0n) is 17.8. The van der Waals surface area contributed by atoms with E-state index in [4.69, 9.17) is 0 Å². The van der Waals surface area contributed by atoms with Gasteiger partial charge in [-0.05, 0) is 53.1 Å². The first-order chi connectivity index (χ1) is 16.2. The number of aromatic amines is 1. The molecule has 6 rings (SSSR count). The molecule has 1 atom stereocenters. The van der Waals surface area contributed by atoms with E-state index in [0.717, 1.165) is 44.4 Å². The van der Waals surface area contributed by atoms with Gasteiger partial charge in [-0.3, -0.25) is 4.79 Å². The van der Waals surface area contributed by atoms with Crippen LogP contribution in [0.25, 0.3) is 22.2 Å². The molecule has 0 fully saturated rings. The first kappa shape index (κ1) is 19.5. The molecule has 33 heavy (non-hydrogen) atoms. The predicted octanol–water partition coefficient (Wildman–Crippen LogP) is 6.72. The Labute approximate surface area is 191 Å². The van der Waals surface area contributed by atoms with Gasteiger partial charge >= 0.3 is 0 Å². The van der Waals surface area contributed by atoms with Crippen LogP contribution < -0.4 is 0 Å². The lowest BCUT2D eigenvalue weighted by atomic mass is 9.93. The normalized spacial score (nSPS) is 15.2. The Morgan fingerprint density at radius 1 is 0.788 bits per heavy atom. The van der Waals surface area contributed by atoms with Crippen molar-refractivity contribution in [3.05, 3.63) is 131 Å². The van der Waals surface area contributed by atoms with E-state index in [1.807, 2.05) is 77.7 Å². The maximum absolute atomic E-state index is 13.7. The molecule has 4 heteroatoms. The van der Waals surface area contributed by atoms with Gasteiger partial charge in [0.2, 0.25) is 0 Å². The van der Waals surface area contributed by atoms with E-state index in [-0.39, 0.29) is 17.8 Å². The molecular weight excluding hydrogens is 411 g/mol. The maximum atomic E-state index is 13.7. The Hall–Kier alpha value is -4.18. The van der Waals surface area contributed by atoms with Crippen molar-refractivity contribution in [1.29, 1.82) is 0 Å². The summed E-state index contributed by atoms with van der Waals surface area (Å²) in [6, 6.07) is 32.3. The molecule has 1 aromatic heterocycles. The van der Waals surface area contributed by atoms with Crippen LogP contribution in [0.2, 0.25) is 0 Å². The number of hydrogen-bond donors (Lipinski definition) is 1. The third kappa shape index (κ3) is 3.23. The number of nitrogens with zero attached hydrogens (tertiary/aromatic N) is 1. The number of carbonyl (C=O) groups excluding carboxylic acids is 1. The summed E-state index contributed by atoms with van der Waals surface area (Å²) in [5, 5.41) is 1.06. The molecular formula is C29H21FN2O. The van der Waals surface area contributed by atoms with Crippen molar-refractivity contribution in [2.45, 2.75) is 12.6 Å². The minimum Gasteiger partial charge on any atom is -0.354 e. The summed E-state index contributed by atoms with van der Waals surface area (Å²) in [5.41, 5.74) is 6.62. The van der Waals surface area contributed by atoms with Crippen LogP contribution in [0.1, 0.15) is 33.1 Å². The van der Waals surface area contributed by atoms with E-state index >= 15 is 0 Å². The van der Waals surface area contributed by atoms with Crippen LogP contribution in [-0.2, 0) is 6.54 Å². The topological polar surface area (TPSA) is 36.1 Å². The fourth-order valence-electron chi connectivity index (χ4n) is 4.92. The molecule has 4 aromatic carbocycles. The van der Waals surface area contributed by atoms with Crippen LogP contribution in [0.5, 0.6) is 0 Å². The molecule has 1 aliphatic heterocycles. The van der Waals surface area contributed by atoms with Crippen LogP contribution in [-0.4, -0.2) is 15.8 Å². The Morgan fingerprint density at radius 3 is 2.30 bits per heavy atom. The largest absolute Gasteiger partial charge is 0.354 e. The molecule has 3 nitrogen and oxygen atoms in total. The van der Waals surface area contributed by atoms with Crippen molar-refractivity contribution in [1.82, 2.24) is 9.88 Å². The fraction of sp³-hybridized carbons (Fsp3) is 0.0690. The lowest BCUT2D eigenvalue weighted by Gasteiger charge is -2.27. The number of hydrogen-bond acceptors (Lipinski definition) is 1. The van der Waals surface area contributed by atoms with Crippen LogP contribution in [0.3, 0.4) is 0 Å². The van der Waals surface area contributed by atoms with Crippen molar-refractivity contribution in [2.75, 3.05) is 0 Å². The molecule has 1 N–H and O–H groups in total. The van der Waals surface area contributed by atoms with Crippen LogP contribution in [0.15, 0.2) is 103 Å². The Bertz CT molecular complexity index is 1470. The molecule has 1 unspecified atom stereocenters. The molecule has 0 bridgehead atoms. The van der Waals surface area contributed by atoms with Crippen molar-refractivity contribution in [3.8, 4) is 11.3 Å². The van der Waals surface area contributed by atoms with Crippen LogP contribution in [0, 0.1) is 5.82 Å². The summed E-state index contributed by atoms with van der Waals surface area (Å²) in [7, 11) is 0. The van der Waals surface area contributed by atoms with Gasteiger partial charge in [0.1, 0.15) is 5.82 Å². The molecule has 0 saturated carbocycles. The number of para-hydroxylation sites is 1. The SMILES string of the molecule is O=C1c2ccccc2C(c2c(-c3ccc(F)cc3)[nH]c3ccccc23)N1Cc1ccccc1. The predicted molar refractivity (Wildman–Crippen MR) is 128 cm³/mol. The summed E-state index contributed by atoms with van der Waals surface area (Å²) in [4.78, 5) is 19.1. The van der Waals surface area contributed by atoms with E-state index in [1.165, 1.54) is 12.1 Å². The van der Waals surface area contributed by atoms with Gasteiger partial charge in [0.05, 0.1) is 11.7 Å². The lowest BCUT2D eigenvalue weighted by Crippen LogP contribution is -2.28. The number of halogens is 1. The summed E-state index contributed by atoms with van der Waals surface area (Å²) < 4.78 is 13.7. The second-order valence-electron chi connectivity index (χ2n) is 8.37. The average molecular weight is 432 g/mol. The molecule has 0 spiro atoms. The van der Waals surface area contributed by atoms with Gasteiger partial charge in [-0.25, -0.2) is 4.39 Å². The van der Waals surface area contributed by atoms with E-state index in [2.05, 4.69) is 11.1 Å². The third-order valence-electron chi connectivity index (χ3n) is 6.41. The molecule has 1 amide bonds. The zero-order valence-corrected chi connectivity index (χ0v) is 17.8. The van der Waals surface area contributed by atoms with E-state index in [9.17, 15) is 9.18 Å². The number of benzene rings is 4. The average Bonchev–Trinajstić information content (AvgIpc) is 3.36. The monoisotopic (exact) mass is 432 g/mol. The first-order valence-corrected chi connectivity index (χ1v) is 11.0. The number of nitrogens with one attached hydrogen (secondary N) is 1. The van der Waals surface area contributed by atoms with Gasteiger partial charge in [0, 0.05) is 28.6 Å². The summed E-state index contributed by atoms with van der Waals surface area (Å²) >= 11 is 0. The van der Waals surface area contributed by atoms with Gasteiger partial charge in [0.25, 0.3) is 5.91 Å². The molecule has 1 aliphatic rings. The van der Waals surface area contributed by atoms with Crippen LogP contribution >= 0.6 is 0 Å². The fourth-order valence-corrected chi connectivity index (χ4v) is 4.92. The van der Waals surface area contributed by atoms with Crippen molar-refractivity contribution in [2.24, 2.45) is 0 Å². The number of carbonyl (C=O) groups is 1. The molecule has 0 saturated heterocycles. The Kier molecular flexibility index (Phi) is 4.58. The standard InChI is InChI=1S/C29H21FN2O/c30-21-16-14-20(15-17-21)27-26(24-12-6-7-13-25(24)31-27)28-22-10-4-5-11-23(22)29(33)32(28)18-19-8-2-1-3-9-19/h1-17,28,31H,18H2.